The summed E-state index contributed by atoms with van der Waals surface area (Å²) in [6.45, 7) is 3.11. The highest BCUT2D eigenvalue weighted by Crippen LogP contribution is 2.20. The van der Waals surface area contributed by atoms with Gasteiger partial charge in [0.05, 0.1) is 17.5 Å². The number of hydrogen-bond donors (Lipinski definition) is 0. The molecular formula is C18H17BrN2O2S. The molecule has 0 bridgehead atoms. The van der Waals surface area contributed by atoms with E-state index in [1.165, 1.54) is 11.8 Å². The van der Waals surface area contributed by atoms with Crippen molar-refractivity contribution >= 4 is 38.6 Å². The third kappa shape index (κ3) is 3.82. The predicted octanol–water partition coefficient (Wildman–Crippen LogP) is 4.35. The molecule has 0 saturated heterocycles. The molecule has 0 radical (unpaired) electrons. The molecule has 4 nitrogen and oxygen atoms in total. The molecule has 0 N–H and O–H groups in total. The molecule has 0 atom stereocenters. The van der Waals surface area contributed by atoms with Crippen LogP contribution in [-0.2, 0) is 6.54 Å². The first kappa shape index (κ1) is 17.0. The molecule has 3 aromatic rings. The average Bonchev–Trinajstić information content (AvgIpc) is 2.59. The number of ether oxygens (including phenoxy) is 1. The minimum Gasteiger partial charge on any atom is -0.493 e. The Kier molecular flexibility index (Phi) is 5.58. The summed E-state index contributed by atoms with van der Waals surface area (Å²) in [5.41, 5.74) is 0.751. The van der Waals surface area contributed by atoms with Gasteiger partial charge in [-0.05, 0) is 37.3 Å². The zero-order chi connectivity index (χ0) is 16.9. The normalized spacial score (nSPS) is 10.9. The van der Waals surface area contributed by atoms with E-state index in [1.54, 1.807) is 4.57 Å². The van der Waals surface area contributed by atoms with Crippen LogP contribution in [0.5, 0.6) is 5.75 Å². The molecule has 2 aromatic carbocycles. The van der Waals surface area contributed by atoms with Gasteiger partial charge in [0, 0.05) is 16.8 Å². The maximum atomic E-state index is 12.5. The molecule has 24 heavy (non-hydrogen) atoms. The summed E-state index contributed by atoms with van der Waals surface area (Å²) in [6.07, 6.45) is 0. The number of halogens is 1. The van der Waals surface area contributed by atoms with E-state index in [2.05, 4.69) is 20.9 Å². The van der Waals surface area contributed by atoms with Crippen molar-refractivity contribution in [3.63, 3.8) is 0 Å². The fourth-order valence-electron chi connectivity index (χ4n) is 2.39. The van der Waals surface area contributed by atoms with Crippen molar-refractivity contribution in [1.29, 1.82) is 0 Å². The Hall–Kier alpha value is -1.79. The summed E-state index contributed by atoms with van der Waals surface area (Å²) in [5, 5.41) is 1.40. The highest BCUT2D eigenvalue weighted by atomic mass is 79.9. The summed E-state index contributed by atoms with van der Waals surface area (Å²) in [5.74, 6) is 1.54. The number of fused-ring (bicyclic) bond motifs is 1. The van der Waals surface area contributed by atoms with E-state index in [4.69, 9.17) is 4.74 Å². The maximum absolute atomic E-state index is 12.5. The van der Waals surface area contributed by atoms with Crippen LogP contribution in [0.1, 0.15) is 6.92 Å². The average molecular weight is 405 g/mol. The molecule has 0 aliphatic carbocycles. The third-order valence-electron chi connectivity index (χ3n) is 3.52. The molecule has 6 heteroatoms. The van der Waals surface area contributed by atoms with Crippen molar-refractivity contribution in [2.75, 3.05) is 12.4 Å². The lowest BCUT2D eigenvalue weighted by atomic mass is 10.2. The largest absolute Gasteiger partial charge is 0.493 e. The number of hydrogen-bond acceptors (Lipinski definition) is 4. The number of nitrogens with zero attached hydrogens (tertiary/aromatic N) is 2. The number of benzene rings is 2. The van der Waals surface area contributed by atoms with Gasteiger partial charge in [-0.2, -0.15) is 0 Å². The van der Waals surface area contributed by atoms with Crippen LogP contribution in [0.15, 0.2) is 63.0 Å². The van der Waals surface area contributed by atoms with E-state index in [-0.39, 0.29) is 5.56 Å². The molecule has 0 aliphatic heterocycles. The van der Waals surface area contributed by atoms with Crippen LogP contribution in [0.2, 0.25) is 0 Å². The Morgan fingerprint density at radius 3 is 2.83 bits per heavy atom. The second-order valence-corrected chi connectivity index (χ2v) is 7.09. The molecule has 0 fully saturated rings. The van der Waals surface area contributed by atoms with Gasteiger partial charge in [-0.3, -0.25) is 9.36 Å². The van der Waals surface area contributed by atoms with Crippen LogP contribution in [0.4, 0.5) is 0 Å². The van der Waals surface area contributed by atoms with E-state index >= 15 is 0 Å². The van der Waals surface area contributed by atoms with Gasteiger partial charge in [-0.15, -0.1) is 0 Å². The summed E-state index contributed by atoms with van der Waals surface area (Å²) < 4.78 is 8.44. The van der Waals surface area contributed by atoms with Crippen molar-refractivity contribution in [2.24, 2.45) is 0 Å². The second-order valence-electron chi connectivity index (χ2n) is 5.12. The Balaban J connectivity index is 1.72. The smallest absolute Gasteiger partial charge is 0.262 e. The quantitative estimate of drug-likeness (QED) is 0.348. The van der Waals surface area contributed by atoms with Gasteiger partial charge in [0.15, 0.2) is 5.16 Å². The monoisotopic (exact) mass is 404 g/mol. The highest BCUT2D eigenvalue weighted by Gasteiger charge is 2.10. The zero-order valence-electron chi connectivity index (χ0n) is 13.2. The van der Waals surface area contributed by atoms with Crippen LogP contribution in [0.25, 0.3) is 10.9 Å². The minimum absolute atomic E-state index is 0.0125. The number of aromatic nitrogens is 2. The molecule has 0 unspecified atom stereocenters. The van der Waals surface area contributed by atoms with Crippen molar-refractivity contribution in [3.8, 4) is 5.75 Å². The lowest BCUT2D eigenvalue weighted by molar-refractivity contribution is 0.343. The molecule has 0 aliphatic rings. The van der Waals surface area contributed by atoms with Gasteiger partial charge in [0.25, 0.3) is 5.56 Å². The molecule has 3 rings (SSSR count). The van der Waals surface area contributed by atoms with Gasteiger partial charge < -0.3 is 4.74 Å². The Labute approximate surface area is 153 Å². The Morgan fingerprint density at radius 2 is 2.04 bits per heavy atom. The fourth-order valence-corrected chi connectivity index (χ4v) is 3.64. The summed E-state index contributed by atoms with van der Waals surface area (Å²) >= 11 is 4.96. The van der Waals surface area contributed by atoms with E-state index < -0.39 is 0 Å². The number of para-hydroxylation sites is 1. The number of thioether (sulfide) groups is 1. The SMILES string of the molecule is CCn1c(SCCOc2cccc(Br)c2)nc2ccccc2c1=O. The third-order valence-corrected chi connectivity index (χ3v) is 4.96. The summed E-state index contributed by atoms with van der Waals surface area (Å²) in [7, 11) is 0. The summed E-state index contributed by atoms with van der Waals surface area (Å²) in [6, 6.07) is 15.2. The standard InChI is InChI=1S/C18H17BrN2O2S/c1-2-21-17(22)15-8-3-4-9-16(15)20-18(21)24-11-10-23-14-7-5-6-13(19)12-14/h3-9,12H,2,10-11H2,1H3. The summed E-state index contributed by atoms with van der Waals surface area (Å²) in [4.78, 5) is 17.2. The lowest BCUT2D eigenvalue weighted by Crippen LogP contribution is -2.22. The van der Waals surface area contributed by atoms with E-state index in [1.807, 2.05) is 55.5 Å². The first-order chi connectivity index (χ1) is 11.7. The van der Waals surface area contributed by atoms with E-state index in [0.717, 1.165) is 26.6 Å². The molecule has 1 heterocycles. The Bertz CT molecular complexity index is 911. The van der Waals surface area contributed by atoms with Crippen LogP contribution in [-0.4, -0.2) is 21.9 Å². The van der Waals surface area contributed by atoms with Crippen molar-refractivity contribution < 1.29 is 4.74 Å². The molecule has 124 valence electrons. The van der Waals surface area contributed by atoms with Gasteiger partial charge in [-0.1, -0.05) is 45.9 Å². The van der Waals surface area contributed by atoms with Crippen LogP contribution >= 0.6 is 27.7 Å². The predicted molar refractivity (Wildman–Crippen MR) is 102 cm³/mol. The highest BCUT2D eigenvalue weighted by molar-refractivity contribution is 9.10. The van der Waals surface area contributed by atoms with Crippen molar-refractivity contribution in [2.45, 2.75) is 18.6 Å². The molecule has 0 amide bonds. The van der Waals surface area contributed by atoms with E-state index in [0.29, 0.717) is 18.5 Å². The first-order valence-electron chi connectivity index (χ1n) is 7.70. The van der Waals surface area contributed by atoms with Crippen LogP contribution in [0, 0.1) is 0 Å². The zero-order valence-corrected chi connectivity index (χ0v) is 15.6. The molecule has 0 spiro atoms. The molecule has 0 saturated carbocycles. The van der Waals surface area contributed by atoms with Crippen molar-refractivity contribution in [3.05, 3.63) is 63.4 Å². The van der Waals surface area contributed by atoms with Crippen LogP contribution < -0.4 is 10.3 Å². The molecular weight excluding hydrogens is 388 g/mol. The van der Waals surface area contributed by atoms with Crippen LogP contribution in [0.3, 0.4) is 0 Å². The Morgan fingerprint density at radius 1 is 1.21 bits per heavy atom. The topological polar surface area (TPSA) is 44.1 Å². The van der Waals surface area contributed by atoms with Crippen molar-refractivity contribution in [1.82, 2.24) is 9.55 Å². The first-order valence-corrected chi connectivity index (χ1v) is 9.47. The van der Waals surface area contributed by atoms with Gasteiger partial charge in [-0.25, -0.2) is 4.98 Å². The second kappa shape index (κ2) is 7.85. The van der Waals surface area contributed by atoms with Gasteiger partial charge >= 0.3 is 0 Å². The van der Waals surface area contributed by atoms with Gasteiger partial charge in [0.1, 0.15) is 5.75 Å². The van der Waals surface area contributed by atoms with E-state index in [9.17, 15) is 4.79 Å². The number of rotatable bonds is 6. The lowest BCUT2D eigenvalue weighted by Gasteiger charge is -2.11. The minimum atomic E-state index is 0.0125. The maximum Gasteiger partial charge on any atom is 0.262 e. The molecule has 1 aromatic heterocycles. The van der Waals surface area contributed by atoms with Gasteiger partial charge in [0.2, 0.25) is 0 Å². The fraction of sp³-hybridized carbons (Fsp3) is 0.222.